The van der Waals surface area contributed by atoms with Crippen molar-refractivity contribution in [3.63, 3.8) is 0 Å². The van der Waals surface area contributed by atoms with Crippen LogP contribution in [0.1, 0.15) is 30.5 Å². The summed E-state index contributed by atoms with van der Waals surface area (Å²) in [5, 5.41) is 2.31. The summed E-state index contributed by atoms with van der Waals surface area (Å²) in [6, 6.07) is 28.2. The molecule has 0 radical (unpaired) electrons. The van der Waals surface area contributed by atoms with Gasteiger partial charge in [-0.25, -0.2) is 0 Å². The third-order valence-corrected chi connectivity index (χ3v) is 6.87. The molecule has 1 aromatic heterocycles. The molecule has 0 amide bonds. The lowest BCUT2D eigenvalue weighted by atomic mass is 10.0. The molecule has 0 unspecified atom stereocenters. The van der Waals surface area contributed by atoms with Crippen LogP contribution < -0.4 is 9.80 Å². The van der Waals surface area contributed by atoms with E-state index < -0.39 is 0 Å². The van der Waals surface area contributed by atoms with E-state index in [0.717, 1.165) is 27.6 Å². The zero-order chi connectivity index (χ0) is 22.9. The Hall–Kier alpha value is -3.72. The number of anilines is 4. The molecule has 1 aliphatic rings. The summed E-state index contributed by atoms with van der Waals surface area (Å²) < 4.78 is 6.50. The van der Waals surface area contributed by atoms with E-state index in [4.69, 9.17) is 4.42 Å². The Balaban J connectivity index is 1.66. The SMILES string of the molecule is Cc1cc(C)cc(N2c3ccccc3N(c3c(C)ccc4c3oc3ccccc34)C2(C)C)c1. The van der Waals surface area contributed by atoms with E-state index >= 15 is 0 Å². The first-order chi connectivity index (χ1) is 15.9. The van der Waals surface area contributed by atoms with Crippen LogP contribution in [0.2, 0.25) is 0 Å². The Morgan fingerprint density at radius 1 is 0.667 bits per heavy atom. The maximum atomic E-state index is 6.50. The molecule has 33 heavy (non-hydrogen) atoms. The third-order valence-electron chi connectivity index (χ3n) is 6.87. The summed E-state index contributed by atoms with van der Waals surface area (Å²) >= 11 is 0. The average Bonchev–Trinajstić information content (AvgIpc) is 3.25. The quantitative estimate of drug-likeness (QED) is 0.279. The van der Waals surface area contributed by atoms with Crippen LogP contribution in [0.5, 0.6) is 0 Å². The first-order valence-electron chi connectivity index (χ1n) is 11.5. The highest BCUT2D eigenvalue weighted by molar-refractivity contribution is 6.11. The molecule has 0 saturated carbocycles. The Morgan fingerprint density at radius 2 is 1.30 bits per heavy atom. The Labute approximate surface area is 194 Å². The Bertz CT molecular complexity index is 1520. The van der Waals surface area contributed by atoms with Crippen LogP contribution in [0.4, 0.5) is 22.7 Å². The maximum Gasteiger partial charge on any atom is 0.159 e. The Morgan fingerprint density at radius 3 is 2.03 bits per heavy atom. The summed E-state index contributed by atoms with van der Waals surface area (Å²) in [6.07, 6.45) is 0. The lowest BCUT2D eigenvalue weighted by Gasteiger charge is -2.41. The fourth-order valence-corrected chi connectivity index (χ4v) is 5.61. The molecular formula is C30H28N2O. The average molecular weight is 433 g/mol. The zero-order valence-electron chi connectivity index (χ0n) is 19.8. The van der Waals surface area contributed by atoms with Crippen molar-refractivity contribution < 1.29 is 4.42 Å². The van der Waals surface area contributed by atoms with Crippen molar-refractivity contribution in [3.05, 3.63) is 95.6 Å². The van der Waals surface area contributed by atoms with Crippen molar-refractivity contribution in [1.29, 1.82) is 0 Å². The molecule has 4 aromatic carbocycles. The molecule has 0 aliphatic carbocycles. The molecule has 0 bridgehead atoms. The van der Waals surface area contributed by atoms with Crippen LogP contribution in [0.25, 0.3) is 21.9 Å². The van der Waals surface area contributed by atoms with Gasteiger partial charge in [0.2, 0.25) is 0 Å². The molecule has 2 heterocycles. The van der Waals surface area contributed by atoms with Crippen molar-refractivity contribution in [2.75, 3.05) is 9.80 Å². The van der Waals surface area contributed by atoms with Gasteiger partial charge in [0, 0.05) is 16.5 Å². The van der Waals surface area contributed by atoms with Gasteiger partial charge < -0.3 is 14.2 Å². The molecule has 3 nitrogen and oxygen atoms in total. The van der Waals surface area contributed by atoms with E-state index in [-0.39, 0.29) is 5.66 Å². The molecule has 0 spiro atoms. The summed E-state index contributed by atoms with van der Waals surface area (Å²) in [6.45, 7) is 11.1. The normalized spacial score (nSPS) is 14.9. The standard InChI is InChI=1S/C30H28N2O/c1-19-16-20(2)18-22(17-19)31-25-11-7-8-12-26(25)32(30(31,4)5)28-21(3)14-15-24-23-10-6-9-13-27(23)33-29(24)28/h6-18H,1-5H3. The van der Waals surface area contributed by atoms with Gasteiger partial charge in [-0.2, -0.15) is 0 Å². The van der Waals surface area contributed by atoms with Crippen LogP contribution in [0, 0.1) is 20.8 Å². The van der Waals surface area contributed by atoms with Crippen molar-refractivity contribution in [3.8, 4) is 0 Å². The van der Waals surface area contributed by atoms with Crippen molar-refractivity contribution in [2.45, 2.75) is 40.3 Å². The topological polar surface area (TPSA) is 19.6 Å². The fourth-order valence-electron chi connectivity index (χ4n) is 5.61. The molecular weight excluding hydrogens is 404 g/mol. The van der Waals surface area contributed by atoms with Crippen LogP contribution in [-0.2, 0) is 0 Å². The van der Waals surface area contributed by atoms with Crippen LogP contribution >= 0.6 is 0 Å². The van der Waals surface area contributed by atoms with E-state index in [0.29, 0.717) is 0 Å². The van der Waals surface area contributed by atoms with Crippen molar-refractivity contribution in [2.24, 2.45) is 0 Å². The minimum absolute atomic E-state index is 0.345. The van der Waals surface area contributed by atoms with Crippen molar-refractivity contribution in [1.82, 2.24) is 0 Å². The van der Waals surface area contributed by atoms with E-state index in [9.17, 15) is 0 Å². The molecule has 0 saturated heterocycles. The van der Waals surface area contributed by atoms with Crippen LogP contribution in [0.15, 0.2) is 83.3 Å². The van der Waals surface area contributed by atoms with Gasteiger partial charge in [0.05, 0.1) is 17.1 Å². The predicted octanol–water partition coefficient (Wildman–Crippen LogP) is 8.54. The highest BCUT2D eigenvalue weighted by atomic mass is 16.3. The number of nitrogens with zero attached hydrogens (tertiary/aromatic N) is 2. The van der Waals surface area contributed by atoms with Gasteiger partial charge in [-0.1, -0.05) is 48.5 Å². The molecule has 0 N–H and O–H groups in total. The van der Waals surface area contributed by atoms with Gasteiger partial charge in [0.25, 0.3) is 0 Å². The van der Waals surface area contributed by atoms with Gasteiger partial charge in [-0.05, 0) is 81.6 Å². The first-order valence-corrected chi connectivity index (χ1v) is 11.5. The maximum absolute atomic E-state index is 6.50. The molecule has 5 aromatic rings. The first kappa shape index (κ1) is 19.9. The number of hydrogen-bond donors (Lipinski definition) is 0. The predicted molar refractivity (Wildman–Crippen MR) is 139 cm³/mol. The number of hydrogen-bond acceptors (Lipinski definition) is 3. The van der Waals surface area contributed by atoms with Crippen molar-refractivity contribution >= 4 is 44.7 Å². The van der Waals surface area contributed by atoms with Gasteiger partial charge in [-0.3, -0.25) is 0 Å². The number of fused-ring (bicyclic) bond motifs is 4. The van der Waals surface area contributed by atoms with Crippen LogP contribution in [0.3, 0.4) is 0 Å². The number of aryl methyl sites for hydroxylation is 3. The van der Waals surface area contributed by atoms with Gasteiger partial charge >= 0.3 is 0 Å². The summed E-state index contributed by atoms with van der Waals surface area (Å²) in [5.74, 6) is 0. The lowest BCUT2D eigenvalue weighted by Crippen LogP contribution is -2.48. The largest absolute Gasteiger partial charge is 0.454 e. The summed E-state index contributed by atoms with van der Waals surface area (Å²) in [7, 11) is 0. The second kappa shape index (κ2) is 6.89. The highest BCUT2D eigenvalue weighted by Gasteiger charge is 2.45. The molecule has 0 fully saturated rings. The van der Waals surface area contributed by atoms with E-state index in [1.165, 1.54) is 33.8 Å². The van der Waals surface area contributed by atoms with Gasteiger partial charge in [0.15, 0.2) is 5.58 Å². The molecule has 3 heteroatoms. The van der Waals surface area contributed by atoms with E-state index in [1.807, 2.05) is 6.07 Å². The van der Waals surface area contributed by atoms with Gasteiger partial charge in [-0.15, -0.1) is 0 Å². The monoisotopic (exact) mass is 432 g/mol. The second-order valence-corrected chi connectivity index (χ2v) is 9.71. The fraction of sp³-hybridized carbons (Fsp3) is 0.200. The summed E-state index contributed by atoms with van der Waals surface area (Å²) in [5.41, 5.74) is 10.0. The Kier molecular flexibility index (Phi) is 4.16. The van der Waals surface area contributed by atoms with E-state index in [1.54, 1.807) is 0 Å². The minimum atomic E-state index is -0.345. The highest BCUT2D eigenvalue weighted by Crippen LogP contribution is 2.55. The molecule has 1 aliphatic heterocycles. The molecule has 0 atom stereocenters. The zero-order valence-corrected chi connectivity index (χ0v) is 19.8. The summed E-state index contributed by atoms with van der Waals surface area (Å²) in [4.78, 5) is 4.92. The minimum Gasteiger partial charge on any atom is -0.454 e. The molecule has 6 rings (SSSR count). The third kappa shape index (κ3) is 2.82. The lowest BCUT2D eigenvalue weighted by molar-refractivity contribution is 0.537. The number of para-hydroxylation sites is 3. The van der Waals surface area contributed by atoms with E-state index in [2.05, 4.69) is 117 Å². The molecule has 164 valence electrons. The van der Waals surface area contributed by atoms with Crippen LogP contribution in [-0.4, -0.2) is 5.66 Å². The number of rotatable bonds is 2. The smallest absolute Gasteiger partial charge is 0.159 e. The number of furan rings is 1. The number of benzene rings is 4. The second-order valence-electron chi connectivity index (χ2n) is 9.71. The van der Waals surface area contributed by atoms with Gasteiger partial charge in [0.1, 0.15) is 11.2 Å².